The minimum Gasteiger partial charge on any atom is -0.364 e. The van der Waals surface area contributed by atoms with Crippen LogP contribution >= 0.6 is 0 Å². The van der Waals surface area contributed by atoms with Crippen molar-refractivity contribution < 1.29 is 0 Å². The molecule has 1 aromatic heterocycles. The summed E-state index contributed by atoms with van der Waals surface area (Å²) in [6.07, 6.45) is 8.10. The first-order chi connectivity index (χ1) is 41.0. The van der Waals surface area contributed by atoms with Crippen molar-refractivity contribution in [2.45, 2.75) is 32.9 Å². The Morgan fingerprint density at radius 2 is 0.735 bits per heavy atom. The summed E-state index contributed by atoms with van der Waals surface area (Å²) < 4.78 is 2.54. The lowest BCUT2D eigenvalue weighted by molar-refractivity contribution is 0.541. The third kappa shape index (κ3) is 11.3. The van der Waals surface area contributed by atoms with Crippen LogP contribution in [0.3, 0.4) is 0 Å². The maximum absolute atomic E-state index is 4.98. The first-order valence-electron chi connectivity index (χ1n) is 28.7. The van der Waals surface area contributed by atoms with Crippen LogP contribution in [0.25, 0.3) is 27.4 Å². The molecule has 11 aromatic carbocycles. The van der Waals surface area contributed by atoms with E-state index < -0.39 is 0 Å². The highest BCUT2D eigenvalue weighted by molar-refractivity contribution is 6.11. The molecule has 0 aliphatic carbocycles. The number of benzene rings is 11. The highest BCUT2D eigenvalue weighted by Crippen LogP contribution is 2.45. The summed E-state index contributed by atoms with van der Waals surface area (Å²) in [6, 6.07) is 106. The van der Waals surface area contributed by atoms with Crippen LogP contribution < -0.4 is 24.9 Å². The summed E-state index contributed by atoms with van der Waals surface area (Å²) >= 11 is 0. The molecular weight excluding hydrogens is 1010 g/mol. The van der Waals surface area contributed by atoms with E-state index in [9.17, 15) is 0 Å². The van der Waals surface area contributed by atoms with Gasteiger partial charge in [0.15, 0.2) is 0 Å². The first-order valence-corrected chi connectivity index (χ1v) is 28.7. The van der Waals surface area contributed by atoms with E-state index in [1.165, 1.54) is 0 Å². The van der Waals surface area contributed by atoms with E-state index in [1.54, 1.807) is 0 Å². The van der Waals surface area contributed by atoms with Gasteiger partial charge in [-0.1, -0.05) is 172 Å². The van der Waals surface area contributed by atoms with Crippen molar-refractivity contribution in [1.29, 1.82) is 0 Å². The van der Waals surface area contributed by atoms with Gasteiger partial charge in [-0.15, -0.1) is 0 Å². The summed E-state index contributed by atoms with van der Waals surface area (Å²) in [4.78, 5) is 9.34. The molecule has 0 spiro atoms. The minimum atomic E-state index is -0.184. The van der Waals surface area contributed by atoms with Gasteiger partial charge in [0.25, 0.3) is 0 Å². The Morgan fingerprint density at radius 3 is 1.07 bits per heavy atom. The zero-order chi connectivity index (χ0) is 56.3. The number of hydrogen-bond acceptors (Lipinski definition) is 5. The third-order valence-corrected chi connectivity index (χ3v) is 15.1. The molecule has 0 radical (unpaired) electrons. The van der Waals surface area contributed by atoms with Crippen LogP contribution in [0.4, 0.5) is 68.2 Å². The van der Waals surface area contributed by atoms with E-state index in [0.717, 1.165) is 120 Å². The third-order valence-electron chi connectivity index (χ3n) is 15.1. The number of anilines is 12. The van der Waals surface area contributed by atoms with Gasteiger partial charge in [-0.2, -0.15) is 0 Å². The molecule has 83 heavy (non-hydrogen) atoms. The van der Waals surface area contributed by atoms with Gasteiger partial charge in [0.05, 0.1) is 11.0 Å². The number of allylic oxidation sites excluding steroid dienone is 4. The van der Waals surface area contributed by atoms with Crippen LogP contribution in [-0.4, -0.2) is 4.57 Å². The predicted octanol–water partition coefficient (Wildman–Crippen LogP) is 21.9. The standard InChI is InChI=1S/C77H66N6/c1-4-30-67(79(59-32-14-6-15-33-59)60-34-16-7-17-35-60)54-58(3)71-55-68(80(61-36-18-8-19-37-61)62-38-20-9-21-39-62)48-51-74(71)78-77(31-5-2)83-75-52-49-69(81(63-40-22-10-23-41-63)64-42-24-11-25-43-64)56-72(75)73-57-70(50-53-76(73)83)82(65-44-26-12-27-45-65)66-46-28-13-29-47-66/h4,6-30,32-57,77-78H,3,5,31H2,1-2H3/b30-4-,67-54+. The van der Waals surface area contributed by atoms with Gasteiger partial charge in [-0.05, 0) is 183 Å². The largest absolute Gasteiger partial charge is 0.364 e. The topological polar surface area (TPSA) is 29.9 Å². The molecule has 1 N–H and O–H groups in total. The molecule has 0 aliphatic heterocycles. The number of fused-ring (bicyclic) bond motifs is 3. The number of hydrogen-bond donors (Lipinski definition) is 1. The van der Waals surface area contributed by atoms with Crippen molar-refractivity contribution in [3.8, 4) is 0 Å². The summed E-state index contributed by atoms with van der Waals surface area (Å²) in [5.74, 6) is 0. The Balaban J connectivity index is 1.06. The smallest absolute Gasteiger partial charge is 0.104 e. The fraction of sp³-hybridized carbons (Fsp3) is 0.0649. The normalized spacial score (nSPS) is 11.9. The Bertz CT molecular complexity index is 3850. The summed E-state index contributed by atoms with van der Waals surface area (Å²) in [6.45, 7) is 9.33. The average molecular weight is 1080 g/mol. The molecule has 1 unspecified atom stereocenters. The van der Waals surface area contributed by atoms with Crippen molar-refractivity contribution in [2.75, 3.05) is 24.9 Å². The zero-order valence-electron chi connectivity index (χ0n) is 47.0. The lowest BCUT2D eigenvalue weighted by Gasteiger charge is -2.29. The second-order valence-electron chi connectivity index (χ2n) is 20.6. The number of aromatic nitrogens is 1. The van der Waals surface area contributed by atoms with Crippen molar-refractivity contribution in [1.82, 2.24) is 4.57 Å². The molecule has 0 fully saturated rings. The number of nitrogens with one attached hydrogen (secondary N) is 1. The van der Waals surface area contributed by atoms with E-state index in [2.05, 4.69) is 359 Å². The first kappa shape index (κ1) is 53.1. The van der Waals surface area contributed by atoms with Gasteiger partial charge in [0.2, 0.25) is 0 Å². The maximum Gasteiger partial charge on any atom is 0.104 e. The van der Waals surface area contributed by atoms with E-state index in [-0.39, 0.29) is 6.17 Å². The molecule has 0 saturated carbocycles. The van der Waals surface area contributed by atoms with Gasteiger partial charge in [0.1, 0.15) is 6.17 Å². The number of nitrogens with zero attached hydrogens (tertiary/aromatic N) is 5. The van der Waals surface area contributed by atoms with Crippen LogP contribution in [0.15, 0.2) is 328 Å². The van der Waals surface area contributed by atoms with Crippen LogP contribution in [0.1, 0.15) is 38.4 Å². The molecule has 12 aromatic rings. The van der Waals surface area contributed by atoms with E-state index in [0.29, 0.717) is 0 Å². The Morgan fingerprint density at radius 1 is 0.410 bits per heavy atom. The fourth-order valence-corrected chi connectivity index (χ4v) is 11.4. The van der Waals surface area contributed by atoms with Crippen LogP contribution in [0.2, 0.25) is 0 Å². The highest BCUT2D eigenvalue weighted by Gasteiger charge is 2.25. The molecule has 1 heterocycles. The van der Waals surface area contributed by atoms with Crippen molar-refractivity contribution >= 4 is 95.6 Å². The Labute approximate surface area is 488 Å². The quantitative estimate of drug-likeness (QED) is 0.0769. The molecule has 6 heteroatoms. The molecule has 0 aliphatic rings. The Hall–Kier alpha value is -10.6. The van der Waals surface area contributed by atoms with E-state index >= 15 is 0 Å². The number of rotatable bonds is 20. The second-order valence-corrected chi connectivity index (χ2v) is 20.6. The average Bonchev–Trinajstić information content (AvgIpc) is 2.52. The van der Waals surface area contributed by atoms with Crippen molar-refractivity contribution in [2.24, 2.45) is 0 Å². The predicted molar refractivity (Wildman–Crippen MR) is 354 cm³/mol. The van der Waals surface area contributed by atoms with Crippen molar-refractivity contribution in [3.05, 3.63) is 333 Å². The highest BCUT2D eigenvalue weighted by atomic mass is 15.2. The van der Waals surface area contributed by atoms with E-state index in [4.69, 9.17) is 6.58 Å². The van der Waals surface area contributed by atoms with Gasteiger partial charge in [0, 0.05) is 90.3 Å². The molecule has 0 saturated heterocycles. The van der Waals surface area contributed by atoms with Crippen LogP contribution in [0, 0.1) is 0 Å². The van der Waals surface area contributed by atoms with Crippen LogP contribution in [-0.2, 0) is 0 Å². The SMILES string of the molecule is C=C(/C=C(\C=C/C)N(c1ccccc1)c1ccccc1)c1cc(N(c2ccccc2)c2ccccc2)ccc1NC(CCC)n1c2ccc(N(c3ccccc3)c3ccccc3)cc2c2cc(N(c3ccccc3)c3ccccc3)ccc21. The lowest BCUT2D eigenvalue weighted by atomic mass is 10.0. The molecule has 6 nitrogen and oxygen atoms in total. The van der Waals surface area contributed by atoms with Gasteiger partial charge in [-0.25, -0.2) is 0 Å². The lowest BCUT2D eigenvalue weighted by Crippen LogP contribution is -2.19. The molecular formula is C77H66N6. The van der Waals surface area contributed by atoms with Crippen molar-refractivity contribution in [3.63, 3.8) is 0 Å². The van der Waals surface area contributed by atoms with Gasteiger partial charge >= 0.3 is 0 Å². The van der Waals surface area contributed by atoms with Gasteiger partial charge < -0.3 is 29.5 Å². The Kier molecular flexibility index (Phi) is 15.9. The molecule has 12 rings (SSSR count). The molecule has 1 atom stereocenters. The van der Waals surface area contributed by atoms with Crippen LogP contribution in [0.5, 0.6) is 0 Å². The summed E-state index contributed by atoms with van der Waals surface area (Å²) in [5.41, 5.74) is 17.8. The molecule has 0 bridgehead atoms. The maximum atomic E-state index is 4.98. The van der Waals surface area contributed by atoms with Gasteiger partial charge in [-0.3, -0.25) is 0 Å². The second kappa shape index (κ2) is 24.8. The summed E-state index contributed by atoms with van der Waals surface area (Å²) in [7, 11) is 0. The minimum absolute atomic E-state index is 0.184. The zero-order valence-corrected chi connectivity index (χ0v) is 47.0. The summed E-state index contributed by atoms with van der Waals surface area (Å²) in [5, 5.41) is 6.55. The fourth-order valence-electron chi connectivity index (χ4n) is 11.4. The molecule has 404 valence electrons. The number of para-hydroxylation sites is 8. The molecule has 0 amide bonds. The van der Waals surface area contributed by atoms with E-state index in [1.807, 2.05) is 0 Å². The monoisotopic (exact) mass is 1070 g/mol.